The summed E-state index contributed by atoms with van der Waals surface area (Å²) in [6.45, 7) is 0. The first-order valence-corrected chi connectivity index (χ1v) is 6.04. The SMILES string of the molecule is CN(C(=O)c1ccccc1)C(=O)c1nc(Cl)c(Cl)[nH]1. The van der Waals surface area contributed by atoms with Crippen molar-refractivity contribution in [2.45, 2.75) is 0 Å². The molecule has 0 saturated carbocycles. The van der Waals surface area contributed by atoms with E-state index in [0.29, 0.717) is 5.56 Å². The predicted molar refractivity (Wildman–Crippen MR) is 71.5 cm³/mol. The van der Waals surface area contributed by atoms with Crippen LogP contribution >= 0.6 is 23.2 Å². The van der Waals surface area contributed by atoms with E-state index in [9.17, 15) is 9.59 Å². The maximum atomic E-state index is 12.0. The first-order chi connectivity index (χ1) is 9.00. The van der Waals surface area contributed by atoms with Crippen LogP contribution in [0.3, 0.4) is 0 Å². The summed E-state index contributed by atoms with van der Waals surface area (Å²) >= 11 is 11.3. The summed E-state index contributed by atoms with van der Waals surface area (Å²) in [6.07, 6.45) is 0. The maximum Gasteiger partial charge on any atom is 0.296 e. The molecule has 0 fully saturated rings. The van der Waals surface area contributed by atoms with E-state index < -0.39 is 11.8 Å². The summed E-state index contributed by atoms with van der Waals surface area (Å²) in [5, 5.41) is 0.0520. The van der Waals surface area contributed by atoms with E-state index in [4.69, 9.17) is 23.2 Å². The topological polar surface area (TPSA) is 66.1 Å². The van der Waals surface area contributed by atoms with Crippen LogP contribution in [0.5, 0.6) is 0 Å². The number of aromatic nitrogens is 2. The van der Waals surface area contributed by atoms with Crippen LogP contribution in [-0.2, 0) is 0 Å². The molecule has 19 heavy (non-hydrogen) atoms. The van der Waals surface area contributed by atoms with E-state index in [-0.39, 0.29) is 16.1 Å². The Labute approximate surface area is 119 Å². The van der Waals surface area contributed by atoms with Crippen LogP contribution < -0.4 is 0 Å². The Hall–Kier alpha value is -1.85. The predicted octanol–water partition coefficient (Wildman–Crippen LogP) is 2.63. The van der Waals surface area contributed by atoms with Gasteiger partial charge in [-0.3, -0.25) is 14.5 Å². The quantitative estimate of drug-likeness (QED) is 0.867. The number of H-pyrrole nitrogens is 1. The van der Waals surface area contributed by atoms with E-state index in [1.54, 1.807) is 30.3 Å². The fraction of sp³-hybridized carbons (Fsp3) is 0.0833. The summed E-state index contributed by atoms with van der Waals surface area (Å²) in [5.41, 5.74) is 0.405. The number of carbonyl (C=O) groups is 2. The van der Waals surface area contributed by atoms with Crippen molar-refractivity contribution >= 4 is 35.0 Å². The summed E-state index contributed by atoms with van der Waals surface area (Å²) in [4.78, 5) is 31.3. The molecule has 1 N–H and O–H groups in total. The smallest absolute Gasteiger partial charge is 0.296 e. The molecule has 1 aromatic heterocycles. The number of nitrogens with one attached hydrogen (secondary N) is 1. The lowest BCUT2D eigenvalue weighted by molar-refractivity contribution is 0.0649. The standard InChI is InChI=1S/C12H9Cl2N3O2/c1-17(11(18)7-5-3-2-4-6-7)12(19)10-15-8(13)9(14)16-10/h2-6H,1H3,(H,15,16). The number of benzene rings is 1. The minimum absolute atomic E-state index is 0.00873. The Bertz CT molecular complexity index is 606. The lowest BCUT2D eigenvalue weighted by Crippen LogP contribution is -2.33. The Kier molecular flexibility index (Phi) is 3.87. The normalized spacial score (nSPS) is 10.3. The van der Waals surface area contributed by atoms with Crippen LogP contribution in [0.25, 0.3) is 0 Å². The zero-order chi connectivity index (χ0) is 14.0. The van der Waals surface area contributed by atoms with Gasteiger partial charge in [0.2, 0.25) is 0 Å². The van der Waals surface area contributed by atoms with E-state index in [0.717, 1.165) is 4.90 Å². The number of hydrogen-bond donors (Lipinski definition) is 1. The molecule has 0 spiro atoms. The Morgan fingerprint density at radius 1 is 1.16 bits per heavy atom. The molecule has 0 aliphatic rings. The van der Waals surface area contributed by atoms with Crippen molar-refractivity contribution in [3.05, 3.63) is 52.0 Å². The number of rotatable bonds is 2. The van der Waals surface area contributed by atoms with Gasteiger partial charge in [0.15, 0.2) is 11.0 Å². The average Bonchev–Trinajstić information content (AvgIpc) is 2.77. The summed E-state index contributed by atoms with van der Waals surface area (Å²) in [6, 6.07) is 8.45. The third kappa shape index (κ3) is 2.77. The van der Waals surface area contributed by atoms with Gasteiger partial charge in [-0.05, 0) is 12.1 Å². The molecule has 2 rings (SSSR count). The number of halogens is 2. The van der Waals surface area contributed by atoms with Gasteiger partial charge >= 0.3 is 0 Å². The molecule has 0 atom stereocenters. The molecular formula is C12H9Cl2N3O2. The molecule has 0 bridgehead atoms. The van der Waals surface area contributed by atoms with Crippen molar-refractivity contribution in [1.82, 2.24) is 14.9 Å². The van der Waals surface area contributed by atoms with Crippen LogP contribution in [-0.4, -0.2) is 33.7 Å². The second-order valence-electron chi connectivity index (χ2n) is 3.73. The van der Waals surface area contributed by atoms with Gasteiger partial charge in [-0.1, -0.05) is 41.4 Å². The number of hydrogen-bond acceptors (Lipinski definition) is 3. The van der Waals surface area contributed by atoms with Crippen LogP contribution in [0.1, 0.15) is 21.0 Å². The van der Waals surface area contributed by atoms with Gasteiger partial charge in [0.05, 0.1) is 0 Å². The molecule has 0 unspecified atom stereocenters. The highest BCUT2D eigenvalue weighted by Crippen LogP contribution is 2.18. The molecule has 98 valence electrons. The van der Waals surface area contributed by atoms with E-state index in [1.165, 1.54) is 7.05 Å². The van der Waals surface area contributed by atoms with Gasteiger partial charge in [-0.15, -0.1) is 0 Å². The van der Waals surface area contributed by atoms with Gasteiger partial charge in [-0.25, -0.2) is 4.98 Å². The van der Waals surface area contributed by atoms with Gasteiger partial charge in [0.25, 0.3) is 11.8 Å². The first-order valence-electron chi connectivity index (χ1n) is 5.29. The fourth-order valence-electron chi connectivity index (χ4n) is 1.46. The Balaban J connectivity index is 2.22. The molecular weight excluding hydrogens is 289 g/mol. The third-order valence-electron chi connectivity index (χ3n) is 2.45. The summed E-state index contributed by atoms with van der Waals surface area (Å²) in [5.74, 6) is -1.13. The average molecular weight is 298 g/mol. The highest BCUT2D eigenvalue weighted by molar-refractivity contribution is 6.40. The van der Waals surface area contributed by atoms with E-state index in [1.807, 2.05) is 0 Å². The summed E-state index contributed by atoms with van der Waals surface area (Å²) < 4.78 is 0. The minimum atomic E-state index is -0.609. The second-order valence-corrected chi connectivity index (χ2v) is 4.46. The highest BCUT2D eigenvalue weighted by atomic mass is 35.5. The largest absolute Gasteiger partial charge is 0.324 e. The monoisotopic (exact) mass is 297 g/mol. The van der Waals surface area contributed by atoms with Crippen molar-refractivity contribution in [3.8, 4) is 0 Å². The fourth-order valence-corrected chi connectivity index (χ4v) is 1.72. The first kappa shape index (κ1) is 13.6. The lowest BCUT2D eigenvalue weighted by Gasteiger charge is -2.13. The number of imidazole rings is 1. The van der Waals surface area contributed by atoms with Crippen LogP contribution in [0.15, 0.2) is 30.3 Å². The number of amides is 2. The van der Waals surface area contributed by atoms with Gasteiger partial charge in [-0.2, -0.15) is 0 Å². The van der Waals surface area contributed by atoms with Crippen LogP contribution in [0.2, 0.25) is 10.3 Å². The van der Waals surface area contributed by atoms with Crippen molar-refractivity contribution in [2.75, 3.05) is 7.05 Å². The highest BCUT2D eigenvalue weighted by Gasteiger charge is 2.23. The van der Waals surface area contributed by atoms with Gasteiger partial charge in [0, 0.05) is 12.6 Å². The van der Waals surface area contributed by atoms with Gasteiger partial charge < -0.3 is 4.98 Å². The molecule has 7 heteroatoms. The number of imide groups is 1. The van der Waals surface area contributed by atoms with Crippen molar-refractivity contribution in [3.63, 3.8) is 0 Å². The summed E-state index contributed by atoms with van der Waals surface area (Å²) in [7, 11) is 1.36. The van der Waals surface area contributed by atoms with Crippen LogP contribution in [0.4, 0.5) is 0 Å². The zero-order valence-corrected chi connectivity index (χ0v) is 11.4. The zero-order valence-electron chi connectivity index (χ0n) is 9.85. The third-order valence-corrected chi connectivity index (χ3v) is 3.10. The molecule has 2 amide bonds. The number of carbonyl (C=O) groups excluding carboxylic acids is 2. The van der Waals surface area contributed by atoms with Crippen LogP contribution in [0, 0.1) is 0 Å². The molecule has 5 nitrogen and oxygen atoms in total. The molecule has 0 aliphatic heterocycles. The molecule has 1 aromatic carbocycles. The maximum absolute atomic E-state index is 12.0. The number of nitrogens with zero attached hydrogens (tertiary/aromatic N) is 2. The Morgan fingerprint density at radius 3 is 2.32 bits per heavy atom. The van der Waals surface area contributed by atoms with E-state index in [2.05, 4.69) is 9.97 Å². The Morgan fingerprint density at radius 2 is 1.79 bits per heavy atom. The minimum Gasteiger partial charge on any atom is -0.324 e. The van der Waals surface area contributed by atoms with Crippen molar-refractivity contribution in [1.29, 1.82) is 0 Å². The lowest BCUT2D eigenvalue weighted by atomic mass is 10.2. The number of aromatic amines is 1. The second kappa shape index (κ2) is 5.42. The van der Waals surface area contributed by atoms with E-state index >= 15 is 0 Å². The van der Waals surface area contributed by atoms with Gasteiger partial charge in [0.1, 0.15) is 5.15 Å². The van der Waals surface area contributed by atoms with Crippen molar-refractivity contribution in [2.24, 2.45) is 0 Å². The van der Waals surface area contributed by atoms with Crippen molar-refractivity contribution < 1.29 is 9.59 Å². The molecule has 2 aromatic rings. The molecule has 0 saturated heterocycles. The molecule has 1 heterocycles. The molecule has 0 radical (unpaired) electrons. The molecule has 0 aliphatic carbocycles.